The molecule has 1 N–H and O–H groups in total. The number of benzene rings is 1. The molecular formula is C22H27N3O3. The topological polar surface area (TPSA) is 81.2 Å². The second-order valence-electron chi connectivity index (χ2n) is 7.86. The zero-order valence-electron chi connectivity index (χ0n) is 16.6. The molecule has 1 heterocycles. The number of para-hydroxylation sites is 1. The van der Waals surface area contributed by atoms with E-state index in [0.29, 0.717) is 29.0 Å². The van der Waals surface area contributed by atoms with Crippen LogP contribution in [0, 0.1) is 17.8 Å². The van der Waals surface area contributed by atoms with Gasteiger partial charge in [0, 0.05) is 12.4 Å². The molecule has 0 saturated heterocycles. The van der Waals surface area contributed by atoms with E-state index in [1.54, 1.807) is 24.3 Å². The van der Waals surface area contributed by atoms with E-state index in [-0.39, 0.29) is 11.8 Å². The molecule has 28 heavy (non-hydrogen) atoms. The van der Waals surface area contributed by atoms with Crippen LogP contribution in [0.5, 0.6) is 0 Å². The first-order chi connectivity index (χ1) is 13.5. The van der Waals surface area contributed by atoms with Crippen molar-refractivity contribution in [2.24, 2.45) is 17.8 Å². The first kappa shape index (κ1) is 20.0. The Bertz CT molecular complexity index is 823. The van der Waals surface area contributed by atoms with Gasteiger partial charge in [0.1, 0.15) is 11.8 Å². The van der Waals surface area contributed by atoms with E-state index in [2.05, 4.69) is 36.1 Å². The fourth-order valence-corrected chi connectivity index (χ4v) is 3.82. The first-order valence-electron chi connectivity index (χ1n) is 9.83. The van der Waals surface area contributed by atoms with Crippen LogP contribution in [-0.4, -0.2) is 27.9 Å². The predicted octanol–water partition coefficient (Wildman–Crippen LogP) is 4.35. The van der Waals surface area contributed by atoms with Gasteiger partial charge in [-0.25, -0.2) is 9.78 Å². The second kappa shape index (κ2) is 8.95. The third-order valence-corrected chi connectivity index (χ3v) is 5.41. The minimum Gasteiger partial charge on any atom is -0.458 e. The van der Waals surface area contributed by atoms with Crippen LogP contribution < -0.4 is 5.32 Å². The molecule has 3 rings (SSSR count). The number of rotatable bonds is 5. The molecule has 1 amide bonds. The summed E-state index contributed by atoms with van der Waals surface area (Å²) in [5.74, 6) is 0.539. The molecule has 1 aromatic heterocycles. The number of nitrogens with one attached hydrogen (secondary N) is 1. The lowest BCUT2D eigenvalue weighted by atomic mass is 9.75. The van der Waals surface area contributed by atoms with Crippen molar-refractivity contribution in [2.75, 3.05) is 5.32 Å². The molecule has 3 atom stereocenters. The summed E-state index contributed by atoms with van der Waals surface area (Å²) in [6.07, 6.45) is 7.35. The van der Waals surface area contributed by atoms with Crippen molar-refractivity contribution in [2.45, 2.75) is 46.1 Å². The van der Waals surface area contributed by atoms with Crippen LogP contribution in [0.15, 0.2) is 42.9 Å². The normalized spacial score (nSPS) is 21.9. The van der Waals surface area contributed by atoms with Gasteiger partial charge < -0.3 is 10.1 Å². The molecule has 0 aliphatic heterocycles. The number of hydrogen-bond acceptors (Lipinski definition) is 5. The summed E-state index contributed by atoms with van der Waals surface area (Å²) >= 11 is 0. The number of carbonyl (C=O) groups excluding carboxylic acids is 2. The van der Waals surface area contributed by atoms with Gasteiger partial charge in [0.2, 0.25) is 0 Å². The zero-order valence-corrected chi connectivity index (χ0v) is 16.6. The minimum atomic E-state index is -0.417. The van der Waals surface area contributed by atoms with Crippen LogP contribution in [-0.2, 0) is 4.74 Å². The molecule has 1 saturated carbocycles. The lowest BCUT2D eigenvalue weighted by Crippen LogP contribution is -2.36. The molecule has 0 unspecified atom stereocenters. The van der Waals surface area contributed by atoms with Crippen molar-refractivity contribution in [3.05, 3.63) is 54.1 Å². The van der Waals surface area contributed by atoms with Gasteiger partial charge in [-0.2, -0.15) is 0 Å². The maximum absolute atomic E-state index is 12.9. The van der Waals surface area contributed by atoms with E-state index in [4.69, 9.17) is 4.74 Å². The molecule has 0 bridgehead atoms. The molecule has 6 heteroatoms. The quantitative estimate of drug-likeness (QED) is 0.779. The molecule has 1 fully saturated rings. The molecule has 2 aromatic rings. The lowest BCUT2D eigenvalue weighted by molar-refractivity contribution is -0.0173. The largest absolute Gasteiger partial charge is 0.458 e. The Labute approximate surface area is 165 Å². The van der Waals surface area contributed by atoms with Crippen LogP contribution in [0.3, 0.4) is 0 Å². The van der Waals surface area contributed by atoms with Crippen molar-refractivity contribution in [3.63, 3.8) is 0 Å². The van der Waals surface area contributed by atoms with Crippen LogP contribution >= 0.6 is 0 Å². The second-order valence-corrected chi connectivity index (χ2v) is 7.86. The number of esters is 1. The highest BCUT2D eigenvalue weighted by Gasteiger charge is 2.34. The van der Waals surface area contributed by atoms with E-state index in [1.807, 2.05) is 0 Å². The van der Waals surface area contributed by atoms with Crippen molar-refractivity contribution in [1.82, 2.24) is 9.97 Å². The van der Waals surface area contributed by atoms with Gasteiger partial charge in [-0.3, -0.25) is 9.78 Å². The highest BCUT2D eigenvalue weighted by atomic mass is 16.5. The van der Waals surface area contributed by atoms with Crippen molar-refractivity contribution >= 4 is 17.6 Å². The van der Waals surface area contributed by atoms with Gasteiger partial charge >= 0.3 is 5.97 Å². The summed E-state index contributed by atoms with van der Waals surface area (Å²) in [7, 11) is 0. The summed E-state index contributed by atoms with van der Waals surface area (Å²) in [5.41, 5.74) is 0.945. The fourth-order valence-electron chi connectivity index (χ4n) is 3.82. The number of aromatic nitrogens is 2. The smallest absolute Gasteiger partial charge is 0.340 e. The van der Waals surface area contributed by atoms with Gasteiger partial charge in [0.05, 0.1) is 17.4 Å². The Hall–Kier alpha value is -2.76. The summed E-state index contributed by atoms with van der Waals surface area (Å²) in [6, 6.07) is 6.89. The Morgan fingerprint density at radius 1 is 1.18 bits per heavy atom. The average molecular weight is 381 g/mol. The van der Waals surface area contributed by atoms with Gasteiger partial charge in [0.15, 0.2) is 0 Å². The van der Waals surface area contributed by atoms with E-state index in [0.717, 1.165) is 12.8 Å². The summed E-state index contributed by atoms with van der Waals surface area (Å²) in [4.78, 5) is 33.2. The van der Waals surface area contributed by atoms with Gasteiger partial charge in [-0.15, -0.1) is 0 Å². The Morgan fingerprint density at radius 3 is 2.68 bits per heavy atom. The molecule has 1 aliphatic rings. The fraction of sp³-hybridized carbons (Fsp3) is 0.455. The molecule has 148 valence electrons. The maximum atomic E-state index is 12.9. The highest BCUT2D eigenvalue weighted by Crippen LogP contribution is 2.36. The van der Waals surface area contributed by atoms with Crippen LogP contribution in [0.1, 0.15) is 60.9 Å². The van der Waals surface area contributed by atoms with E-state index in [9.17, 15) is 9.59 Å². The number of ether oxygens (including phenoxy) is 1. The van der Waals surface area contributed by atoms with Crippen molar-refractivity contribution < 1.29 is 14.3 Å². The SMILES string of the molecule is CC(C)[C@H]1CC[C@@H](C)C[C@H]1OC(=O)c1ccccc1NC(=O)c1cnccn1. The Kier molecular flexibility index (Phi) is 6.39. The Balaban J connectivity index is 1.76. The molecule has 6 nitrogen and oxygen atoms in total. The van der Waals surface area contributed by atoms with Crippen molar-refractivity contribution in [1.29, 1.82) is 0 Å². The van der Waals surface area contributed by atoms with Crippen LogP contribution in [0.2, 0.25) is 0 Å². The van der Waals surface area contributed by atoms with E-state index < -0.39 is 11.9 Å². The standard InChI is InChI=1S/C22H27N3O3/c1-14(2)16-9-8-15(3)12-20(16)28-22(27)17-6-4-5-7-18(17)25-21(26)19-13-23-10-11-24-19/h4-7,10-11,13-16,20H,8-9,12H2,1-3H3,(H,25,26)/t15-,16-,20-/m1/s1. The summed E-state index contributed by atoms with van der Waals surface area (Å²) < 4.78 is 5.93. The van der Waals surface area contributed by atoms with Crippen LogP contribution in [0.25, 0.3) is 0 Å². The van der Waals surface area contributed by atoms with E-state index >= 15 is 0 Å². The zero-order chi connectivity index (χ0) is 20.1. The van der Waals surface area contributed by atoms with Gasteiger partial charge in [0.25, 0.3) is 5.91 Å². The van der Waals surface area contributed by atoms with E-state index in [1.165, 1.54) is 25.0 Å². The van der Waals surface area contributed by atoms with Gasteiger partial charge in [-0.05, 0) is 42.7 Å². The van der Waals surface area contributed by atoms with Gasteiger partial charge in [-0.1, -0.05) is 39.3 Å². The minimum absolute atomic E-state index is 0.0972. The van der Waals surface area contributed by atoms with Crippen molar-refractivity contribution in [3.8, 4) is 0 Å². The number of nitrogens with zero attached hydrogens (tertiary/aromatic N) is 2. The number of amides is 1. The average Bonchev–Trinajstić information content (AvgIpc) is 2.68. The third-order valence-electron chi connectivity index (χ3n) is 5.41. The Morgan fingerprint density at radius 2 is 1.96 bits per heavy atom. The lowest BCUT2D eigenvalue weighted by Gasteiger charge is -2.36. The summed E-state index contributed by atoms with van der Waals surface area (Å²) in [6.45, 7) is 6.56. The molecular weight excluding hydrogens is 354 g/mol. The third kappa shape index (κ3) is 4.74. The molecule has 1 aromatic carbocycles. The number of hydrogen-bond donors (Lipinski definition) is 1. The number of carbonyl (C=O) groups is 2. The first-order valence-corrected chi connectivity index (χ1v) is 9.83. The maximum Gasteiger partial charge on any atom is 0.340 e. The van der Waals surface area contributed by atoms with Crippen LogP contribution in [0.4, 0.5) is 5.69 Å². The molecule has 1 aliphatic carbocycles. The number of anilines is 1. The molecule has 0 radical (unpaired) electrons. The monoisotopic (exact) mass is 381 g/mol. The highest BCUT2D eigenvalue weighted by molar-refractivity contribution is 6.06. The summed E-state index contributed by atoms with van der Waals surface area (Å²) in [5, 5.41) is 2.75. The predicted molar refractivity (Wildman–Crippen MR) is 107 cm³/mol. The molecule has 0 spiro atoms.